The molecule has 4 rings (SSSR count). The fourth-order valence-corrected chi connectivity index (χ4v) is 9.59. The Balaban J connectivity index is 1.31. The lowest BCUT2D eigenvalue weighted by atomic mass is 9.85. The van der Waals surface area contributed by atoms with Gasteiger partial charge in [-0.05, 0) is 101 Å². The first-order chi connectivity index (χ1) is 33.2. The molecule has 0 aromatic heterocycles. The Morgan fingerprint density at radius 2 is 0.900 bits per heavy atom. The quantitative estimate of drug-likeness (QED) is 0.0737. The number of amides is 6. The van der Waals surface area contributed by atoms with Crippen molar-refractivity contribution in [2.24, 2.45) is 10.8 Å². The van der Waals surface area contributed by atoms with E-state index in [-0.39, 0.29) is 47.5 Å². The van der Waals surface area contributed by atoms with Gasteiger partial charge in [-0.15, -0.1) is 0 Å². The highest BCUT2D eigenvalue weighted by atomic mass is 16.2. The highest BCUT2D eigenvalue weighted by Gasteiger charge is 2.42. The zero-order chi connectivity index (χ0) is 51.4. The van der Waals surface area contributed by atoms with Crippen LogP contribution >= 0.6 is 0 Å². The van der Waals surface area contributed by atoms with Crippen LogP contribution < -0.4 is 21.3 Å². The van der Waals surface area contributed by atoms with Crippen LogP contribution in [0.5, 0.6) is 0 Å². The zero-order valence-corrected chi connectivity index (χ0v) is 44.6. The molecule has 0 spiro atoms. The first-order valence-electron chi connectivity index (χ1n) is 26.4. The van der Waals surface area contributed by atoms with E-state index >= 15 is 0 Å². The Morgan fingerprint density at radius 1 is 0.557 bits per heavy atom. The zero-order valence-electron chi connectivity index (χ0n) is 44.6. The summed E-state index contributed by atoms with van der Waals surface area (Å²) in [7, 11) is 3.45. The van der Waals surface area contributed by atoms with Crippen LogP contribution in [0.2, 0.25) is 0 Å². The molecule has 6 amide bonds. The number of likely N-dealkylation sites (N-methyl/N-ethyl adjacent to an activating group) is 2. The number of rotatable bonds is 27. The first-order valence-corrected chi connectivity index (χ1v) is 26.4. The standard InChI is InChI=1S/C56H90N8O6/c1-41(57-9)51(67)59-49(55(3,4)5)53(69)63-35-23-29-45(63)39-61(37-33-43-25-17-15-18-26-43)47(65)31-21-13-11-12-14-22-32-48(66)62(38-34-44-27-19-16-20-28-44)40-46-30-24-36-64(46)54(70)50(56(6,7)8)60-52(68)42(2)58-10/h15-20,25-28,41-42,45-46,49-50,57-58H,11-14,21-24,29-40H2,1-10H3,(H,59,67)(H,60,68)/t41-,42-,45-,46-,49+,50+/m0/s1. The number of unbranched alkanes of at least 4 members (excludes halogenated alkanes) is 5. The van der Waals surface area contributed by atoms with Gasteiger partial charge in [0.25, 0.3) is 0 Å². The summed E-state index contributed by atoms with van der Waals surface area (Å²) in [5, 5.41) is 12.0. The van der Waals surface area contributed by atoms with E-state index in [9.17, 15) is 28.8 Å². The predicted molar refractivity (Wildman–Crippen MR) is 280 cm³/mol. The number of carbonyl (C=O) groups excluding carboxylic acids is 6. The Bertz CT molecular complexity index is 1810. The molecule has 14 heteroatoms. The molecule has 2 fully saturated rings. The highest BCUT2D eigenvalue weighted by molar-refractivity contribution is 5.91. The van der Waals surface area contributed by atoms with Crippen LogP contribution in [0.25, 0.3) is 0 Å². The minimum atomic E-state index is -0.691. The molecule has 70 heavy (non-hydrogen) atoms. The Kier molecular flexibility index (Phi) is 23.3. The molecule has 390 valence electrons. The third-order valence-corrected chi connectivity index (χ3v) is 14.4. The number of carbonyl (C=O) groups is 6. The van der Waals surface area contributed by atoms with Gasteiger partial charge in [0.05, 0.1) is 12.1 Å². The molecule has 2 heterocycles. The number of hydrogen-bond donors (Lipinski definition) is 4. The van der Waals surface area contributed by atoms with Crippen molar-refractivity contribution in [1.29, 1.82) is 0 Å². The van der Waals surface area contributed by atoms with E-state index in [1.165, 1.54) is 0 Å². The molecule has 2 saturated heterocycles. The van der Waals surface area contributed by atoms with Gasteiger partial charge in [-0.1, -0.05) is 128 Å². The Labute approximate surface area is 421 Å². The number of nitrogens with zero attached hydrogens (tertiary/aromatic N) is 4. The maximum Gasteiger partial charge on any atom is 0.246 e. The molecular formula is C56H90N8O6. The number of likely N-dealkylation sites (tertiary alicyclic amines) is 2. The first kappa shape index (κ1) is 57.8. The van der Waals surface area contributed by atoms with E-state index in [2.05, 4.69) is 45.5 Å². The topological polar surface area (TPSA) is 163 Å². The molecule has 4 N–H and O–H groups in total. The van der Waals surface area contributed by atoms with Crippen LogP contribution in [0, 0.1) is 10.8 Å². The van der Waals surface area contributed by atoms with Gasteiger partial charge in [-0.2, -0.15) is 0 Å². The molecule has 14 nitrogen and oxygen atoms in total. The monoisotopic (exact) mass is 971 g/mol. The Hall–Kier alpha value is -4.82. The summed E-state index contributed by atoms with van der Waals surface area (Å²) in [6, 6.07) is 17.9. The van der Waals surface area contributed by atoms with Crippen LogP contribution in [0.15, 0.2) is 60.7 Å². The van der Waals surface area contributed by atoms with Crippen molar-refractivity contribution >= 4 is 35.4 Å². The minimum absolute atomic E-state index is 0.0936. The smallest absolute Gasteiger partial charge is 0.246 e. The van der Waals surface area contributed by atoms with Gasteiger partial charge in [0.2, 0.25) is 35.4 Å². The maximum absolute atomic E-state index is 14.2. The van der Waals surface area contributed by atoms with Gasteiger partial charge in [-0.25, -0.2) is 0 Å². The number of benzene rings is 2. The van der Waals surface area contributed by atoms with Gasteiger partial charge in [-0.3, -0.25) is 28.8 Å². The van der Waals surface area contributed by atoms with E-state index in [1.54, 1.807) is 27.9 Å². The van der Waals surface area contributed by atoms with Crippen molar-refractivity contribution in [2.75, 3.05) is 53.4 Å². The second-order valence-electron chi connectivity index (χ2n) is 22.1. The molecule has 0 aliphatic carbocycles. The summed E-state index contributed by atoms with van der Waals surface area (Å²) in [4.78, 5) is 90.0. The highest BCUT2D eigenvalue weighted by Crippen LogP contribution is 2.29. The van der Waals surface area contributed by atoms with Crippen LogP contribution in [0.1, 0.15) is 144 Å². The molecule has 2 aliphatic rings. The molecular weight excluding hydrogens is 881 g/mol. The Morgan fingerprint density at radius 3 is 1.23 bits per heavy atom. The van der Waals surface area contributed by atoms with Crippen LogP contribution in [-0.4, -0.2) is 145 Å². The third kappa shape index (κ3) is 18.1. The van der Waals surface area contributed by atoms with Crippen LogP contribution in [-0.2, 0) is 41.6 Å². The van der Waals surface area contributed by atoms with E-state index in [4.69, 9.17) is 0 Å². The van der Waals surface area contributed by atoms with Crippen molar-refractivity contribution in [1.82, 2.24) is 40.9 Å². The van der Waals surface area contributed by atoms with E-state index in [1.807, 2.05) is 97.5 Å². The predicted octanol–water partition coefficient (Wildman–Crippen LogP) is 6.51. The van der Waals surface area contributed by atoms with E-state index < -0.39 is 35.0 Å². The fourth-order valence-electron chi connectivity index (χ4n) is 9.59. The summed E-state index contributed by atoms with van der Waals surface area (Å²) >= 11 is 0. The SMILES string of the molecule is CN[C@@H](C)C(=O)N[C@H](C(=O)N1CCC[C@H]1CN(CCc1ccccc1)C(=O)CCCCCCCCC(=O)N(CCc1ccccc1)C[C@@H]1CCCN1C(=O)[C@@H](NC(=O)[C@H](C)NC)C(C)(C)C)C(C)(C)C. The summed E-state index contributed by atoms with van der Waals surface area (Å²) in [5.74, 6) is -0.414. The number of hydrogen-bond acceptors (Lipinski definition) is 8. The molecule has 6 atom stereocenters. The molecule has 2 aliphatic heterocycles. The fraction of sp³-hybridized carbons (Fsp3) is 0.679. The van der Waals surface area contributed by atoms with Gasteiger partial charge < -0.3 is 40.9 Å². The second-order valence-corrected chi connectivity index (χ2v) is 22.1. The third-order valence-electron chi connectivity index (χ3n) is 14.4. The lowest BCUT2D eigenvalue weighted by Gasteiger charge is -2.37. The van der Waals surface area contributed by atoms with Crippen molar-refractivity contribution < 1.29 is 28.8 Å². The average Bonchev–Trinajstić information content (AvgIpc) is 4.01. The summed E-state index contributed by atoms with van der Waals surface area (Å²) in [6.07, 6.45) is 10.9. The molecule has 0 unspecified atom stereocenters. The van der Waals surface area contributed by atoms with Gasteiger partial charge in [0, 0.05) is 64.2 Å². The molecule has 2 aromatic carbocycles. The summed E-state index contributed by atoms with van der Waals surface area (Å²) in [6.45, 7) is 18.7. The molecule has 0 radical (unpaired) electrons. The molecule has 0 bridgehead atoms. The summed E-state index contributed by atoms with van der Waals surface area (Å²) < 4.78 is 0. The lowest BCUT2D eigenvalue weighted by Crippen LogP contribution is -2.59. The van der Waals surface area contributed by atoms with Crippen molar-refractivity contribution in [3.8, 4) is 0 Å². The second kappa shape index (κ2) is 28.3. The molecule has 0 saturated carbocycles. The largest absolute Gasteiger partial charge is 0.342 e. The van der Waals surface area contributed by atoms with Crippen LogP contribution in [0.3, 0.4) is 0 Å². The van der Waals surface area contributed by atoms with Crippen molar-refractivity contribution in [3.05, 3.63) is 71.8 Å². The molecule has 2 aromatic rings. The van der Waals surface area contributed by atoms with Crippen molar-refractivity contribution in [2.45, 2.75) is 182 Å². The average molecular weight is 971 g/mol. The minimum Gasteiger partial charge on any atom is -0.342 e. The van der Waals surface area contributed by atoms with Gasteiger partial charge >= 0.3 is 0 Å². The maximum atomic E-state index is 14.2. The van der Waals surface area contributed by atoms with Gasteiger partial charge in [0.15, 0.2) is 0 Å². The van der Waals surface area contributed by atoms with E-state index in [0.29, 0.717) is 52.1 Å². The normalized spacial score (nSPS) is 17.9. The summed E-state index contributed by atoms with van der Waals surface area (Å²) in [5.41, 5.74) is 1.32. The van der Waals surface area contributed by atoms with Crippen LogP contribution in [0.4, 0.5) is 0 Å². The lowest BCUT2D eigenvalue weighted by molar-refractivity contribution is -0.142. The van der Waals surface area contributed by atoms with Gasteiger partial charge in [0.1, 0.15) is 12.1 Å². The van der Waals surface area contributed by atoms with Crippen molar-refractivity contribution in [3.63, 3.8) is 0 Å². The number of nitrogens with one attached hydrogen (secondary N) is 4. The van der Waals surface area contributed by atoms with E-state index in [0.717, 1.165) is 88.2 Å².